The molecule has 55 heavy (non-hydrogen) atoms. The summed E-state index contributed by atoms with van der Waals surface area (Å²) in [6.07, 6.45) is 3.41. The topological polar surface area (TPSA) is 56.7 Å². The van der Waals surface area contributed by atoms with Crippen LogP contribution in [0.1, 0.15) is 25.3 Å². The standard InChI is InChI=1S/C49H34N4OS/c1-2-3-12-30-21-23-32(24-22-30)48-50-47(31-13-5-4-6-14-31)51-49(52-48)39-18-11-17-37-40-29-33(25-28-42(40)54-45(37)39)53-41-19-9-7-15-34(41)36-26-27-38-35-16-8-10-20-43(35)55-46(38)44(36)53/h4-11,13-29H,2-3,12H2,1H3. The van der Waals surface area contributed by atoms with Gasteiger partial charge in [-0.3, -0.25) is 0 Å². The summed E-state index contributed by atoms with van der Waals surface area (Å²) in [6, 6.07) is 53.6. The number of hydrogen-bond acceptors (Lipinski definition) is 5. The summed E-state index contributed by atoms with van der Waals surface area (Å²) in [7, 11) is 0. The van der Waals surface area contributed by atoms with Crippen LogP contribution in [0, 0.1) is 0 Å². The minimum atomic E-state index is 0.582. The van der Waals surface area contributed by atoms with E-state index in [9.17, 15) is 0 Å². The van der Waals surface area contributed by atoms with E-state index in [1.54, 1.807) is 0 Å². The number of rotatable bonds is 7. The zero-order valence-corrected chi connectivity index (χ0v) is 31.0. The highest BCUT2D eigenvalue weighted by atomic mass is 32.1. The molecule has 0 N–H and O–H groups in total. The van der Waals surface area contributed by atoms with Gasteiger partial charge >= 0.3 is 0 Å². The molecule has 6 heteroatoms. The van der Waals surface area contributed by atoms with Crippen molar-refractivity contribution in [2.45, 2.75) is 26.2 Å². The van der Waals surface area contributed by atoms with Crippen molar-refractivity contribution in [1.29, 1.82) is 0 Å². The van der Waals surface area contributed by atoms with Crippen molar-refractivity contribution >= 4 is 75.3 Å². The predicted molar refractivity (Wildman–Crippen MR) is 229 cm³/mol. The van der Waals surface area contributed by atoms with E-state index in [1.165, 1.54) is 60.4 Å². The zero-order chi connectivity index (χ0) is 36.5. The summed E-state index contributed by atoms with van der Waals surface area (Å²) in [6.45, 7) is 2.22. The first-order valence-corrected chi connectivity index (χ1v) is 19.7. The van der Waals surface area contributed by atoms with Crippen LogP contribution in [-0.2, 0) is 6.42 Å². The fourth-order valence-electron chi connectivity index (χ4n) is 8.14. The third kappa shape index (κ3) is 5.17. The van der Waals surface area contributed by atoms with E-state index >= 15 is 0 Å². The summed E-state index contributed by atoms with van der Waals surface area (Å²) in [5, 5.41) is 7.15. The average Bonchev–Trinajstić information content (AvgIpc) is 3.93. The molecule has 0 amide bonds. The molecule has 11 aromatic rings. The number of thiophene rings is 1. The van der Waals surface area contributed by atoms with Crippen molar-refractivity contribution in [3.63, 3.8) is 0 Å². The summed E-state index contributed by atoms with van der Waals surface area (Å²) < 4.78 is 11.8. The number of aromatic nitrogens is 4. The van der Waals surface area contributed by atoms with E-state index in [-0.39, 0.29) is 0 Å². The van der Waals surface area contributed by atoms with E-state index in [0.29, 0.717) is 17.5 Å². The molecule has 4 aromatic heterocycles. The van der Waals surface area contributed by atoms with Gasteiger partial charge in [0.1, 0.15) is 11.2 Å². The van der Waals surface area contributed by atoms with Crippen LogP contribution in [0.3, 0.4) is 0 Å². The van der Waals surface area contributed by atoms with E-state index in [4.69, 9.17) is 19.4 Å². The fourth-order valence-corrected chi connectivity index (χ4v) is 9.38. The number of furan rings is 1. The van der Waals surface area contributed by atoms with Gasteiger partial charge in [-0.15, -0.1) is 11.3 Å². The molecule has 0 unspecified atom stereocenters. The van der Waals surface area contributed by atoms with Crippen LogP contribution in [0.2, 0.25) is 0 Å². The number of fused-ring (bicyclic) bond motifs is 10. The zero-order valence-electron chi connectivity index (χ0n) is 30.2. The van der Waals surface area contributed by atoms with Crippen molar-refractivity contribution in [2.75, 3.05) is 0 Å². The molecule has 7 aromatic carbocycles. The average molecular weight is 727 g/mol. The first-order valence-electron chi connectivity index (χ1n) is 18.9. The number of benzene rings is 7. The fraction of sp³-hybridized carbons (Fsp3) is 0.0816. The Morgan fingerprint density at radius 2 is 1.27 bits per heavy atom. The third-order valence-electron chi connectivity index (χ3n) is 10.9. The van der Waals surface area contributed by atoms with Gasteiger partial charge in [-0.2, -0.15) is 0 Å². The quantitative estimate of drug-likeness (QED) is 0.164. The van der Waals surface area contributed by atoms with Gasteiger partial charge in [0.2, 0.25) is 0 Å². The van der Waals surface area contributed by atoms with Gasteiger partial charge in [0, 0.05) is 53.8 Å². The molecule has 0 radical (unpaired) electrons. The molecule has 0 saturated carbocycles. The highest BCUT2D eigenvalue weighted by molar-refractivity contribution is 7.26. The van der Waals surface area contributed by atoms with Crippen LogP contribution < -0.4 is 0 Å². The third-order valence-corrected chi connectivity index (χ3v) is 12.1. The molecule has 5 nitrogen and oxygen atoms in total. The molecule has 4 heterocycles. The van der Waals surface area contributed by atoms with E-state index in [0.717, 1.165) is 50.7 Å². The van der Waals surface area contributed by atoms with Crippen LogP contribution in [0.15, 0.2) is 156 Å². The smallest absolute Gasteiger partial charge is 0.167 e. The number of nitrogens with zero attached hydrogens (tertiary/aromatic N) is 4. The minimum absolute atomic E-state index is 0.582. The Kier molecular flexibility index (Phi) is 7.39. The number of aryl methyl sites for hydroxylation is 1. The summed E-state index contributed by atoms with van der Waals surface area (Å²) in [4.78, 5) is 15.2. The van der Waals surface area contributed by atoms with Gasteiger partial charge in [0.15, 0.2) is 17.5 Å². The Balaban J connectivity index is 1.10. The largest absolute Gasteiger partial charge is 0.455 e. The van der Waals surface area contributed by atoms with E-state index < -0.39 is 0 Å². The first kappa shape index (κ1) is 31.9. The normalized spacial score (nSPS) is 11.9. The van der Waals surface area contributed by atoms with Crippen molar-refractivity contribution in [3.8, 4) is 39.9 Å². The van der Waals surface area contributed by atoms with Gasteiger partial charge in [-0.1, -0.05) is 129 Å². The molecule has 0 fully saturated rings. The summed E-state index contributed by atoms with van der Waals surface area (Å²) in [5.41, 5.74) is 9.14. The monoisotopic (exact) mass is 726 g/mol. The van der Waals surface area contributed by atoms with Crippen LogP contribution >= 0.6 is 11.3 Å². The van der Waals surface area contributed by atoms with Crippen molar-refractivity contribution < 1.29 is 4.42 Å². The molecule has 262 valence electrons. The summed E-state index contributed by atoms with van der Waals surface area (Å²) >= 11 is 1.87. The molecular weight excluding hydrogens is 693 g/mol. The van der Waals surface area contributed by atoms with Crippen LogP contribution in [0.4, 0.5) is 0 Å². The van der Waals surface area contributed by atoms with Gasteiger partial charge in [-0.25, -0.2) is 15.0 Å². The summed E-state index contributed by atoms with van der Waals surface area (Å²) in [5.74, 6) is 1.85. The Morgan fingerprint density at radius 1 is 0.564 bits per heavy atom. The Labute approximate surface area is 321 Å². The maximum Gasteiger partial charge on any atom is 0.167 e. The Morgan fingerprint density at radius 3 is 2.11 bits per heavy atom. The lowest BCUT2D eigenvalue weighted by Crippen LogP contribution is -2.00. The van der Waals surface area contributed by atoms with Crippen molar-refractivity contribution in [3.05, 3.63) is 157 Å². The maximum atomic E-state index is 6.73. The lowest BCUT2D eigenvalue weighted by molar-refractivity contribution is 0.669. The number of hydrogen-bond donors (Lipinski definition) is 0. The van der Waals surface area contributed by atoms with Crippen LogP contribution in [0.5, 0.6) is 0 Å². The lowest BCUT2D eigenvalue weighted by atomic mass is 10.1. The molecule has 0 atom stereocenters. The molecule has 0 saturated heterocycles. The Hall–Kier alpha value is -6.63. The maximum absolute atomic E-state index is 6.73. The van der Waals surface area contributed by atoms with Crippen LogP contribution in [-0.4, -0.2) is 19.5 Å². The molecular formula is C49H34N4OS. The van der Waals surface area contributed by atoms with E-state index in [1.807, 2.05) is 41.7 Å². The predicted octanol–water partition coefficient (Wildman–Crippen LogP) is 13.6. The number of unbranched alkanes of at least 4 members (excludes halogenated alkanes) is 1. The van der Waals surface area contributed by atoms with Crippen molar-refractivity contribution in [1.82, 2.24) is 19.5 Å². The second-order valence-electron chi connectivity index (χ2n) is 14.2. The van der Waals surface area contributed by atoms with Gasteiger partial charge in [0.05, 0.1) is 21.3 Å². The molecule has 0 aliphatic carbocycles. The minimum Gasteiger partial charge on any atom is -0.455 e. The highest BCUT2D eigenvalue weighted by Gasteiger charge is 2.21. The second kappa shape index (κ2) is 12.8. The Bertz CT molecular complexity index is 3250. The number of para-hydroxylation sites is 2. The van der Waals surface area contributed by atoms with E-state index in [2.05, 4.69) is 133 Å². The van der Waals surface area contributed by atoms with Gasteiger partial charge in [0.25, 0.3) is 0 Å². The molecule has 0 aliphatic rings. The molecule has 11 rings (SSSR count). The van der Waals surface area contributed by atoms with Crippen LogP contribution in [0.25, 0.3) is 104 Å². The lowest BCUT2D eigenvalue weighted by Gasteiger charge is -2.09. The van der Waals surface area contributed by atoms with Gasteiger partial charge < -0.3 is 8.98 Å². The molecule has 0 aliphatic heterocycles. The SMILES string of the molecule is CCCCc1ccc(-c2nc(-c3ccccc3)nc(-c3cccc4c3oc3ccc(-n5c6ccccc6c6ccc7c8ccccc8sc7c65)cc34)n2)cc1. The van der Waals surface area contributed by atoms with Crippen molar-refractivity contribution in [2.24, 2.45) is 0 Å². The molecule has 0 bridgehead atoms. The highest BCUT2D eigenvalue weighted by Crippen LogP contribution is 2.44. The first-order chi connectivity index (χ1) is 27.2. The van der Waals surface area contributed by atoms with Gasteiger partial charge in [-0.05, 0) is 54.8 Å². The molecule has 0 spiro atoms. The second-order valence-corrected chi connectivity index (χ2v) is 15.3.